The Morgan fingerprint density at radius 3 is 2.74 bits per heavy atom. The molecule has 0 radical (unpaired) electrons. The van der Waals surface area contributed by atoms with Crippen molar-refractivity contribution in [1.82, 2.24) is 5.32 Å². The highest BCUT2D eigenvalue weighted by Crippen LogP contribution is 2.32. The maximum Gasteiger partial charge on any atom is 0.341 e. The highest BCUT2D eigenvalue weighted by atomic mass is 79.9. The maximum absolute atomic E-state index is 12.2. The SMILES string of the molecule is O=C(O)COc1cc(Br)ccc1/C=C1/SC(=Nc2ccc(Cl)cc2)NC1=O. The number of benzene rings is 2. The molecule has 1 amide bonds. The Morgan fingerprint density at radius 1 is 1.30 bits per heavy atom. The lowest BCUT2D eigenvalue weighted by atomic mass is 10.2. The van der Waals surface area contributed by atoms with Gasteiger partial charge in [-0.05, 0) is 54.2 Å². The van der Waals surface area contributed by atoms with Gasteiger partial charge in [-0.25, -0.2) is 9.79 Å². The number of amides is 1. The number of hydrogen-bond donors (Lipinski definition) is 2. The third-order valence-electron chi connectivity index (χ3n) is 3.32. The van der Waals surface area contributed by atoms with E-state index < -0.39 is 12.6 Å². The normalized spacial score (nSPS) is 16.6. The molecular formula is C18H12BrClN2O4S. The summed E-state index contributed by atoms with van der Waals surface area (Å²) in [4.78, 5) is 27.8. The third kappa shape index (κ3) is 5.35. The van der Waals surface area contributed by atoms with E-state index in [1.165, 1.54) is 11.8 Å². The Morgan fingerprint density at radius 2 is 2.04 bits per heavy atom. The van der Waals surface area contributed by atoms with Crippen LogP contribution in [-0.2, 0) is 9.59 Å². The molecule has 2 aromatic carbocycles. The molecule has 9 heteroatoms. The zero-order chi connectivity index (χ0) is 19.4. The molecule has 1 aliphatic heterocycles. The van der Waals surface area contributed by atoms with E-state index in [-0.39, 0.29) is 5.91 Å². The maximum atomic E-state index is 12.2. The minimum absolute atomic E-state index is 0.292. The smallest absolute Gasteiger partial charge is 0.341 e. The molecule has 1 saturated heterocycles. The van der Waals surface area contributed by atoms with Crippen LogP contribution < -0.4 is 10.1 Å². The summed E-state index contributed by atoms with van der Waals surface area (Å²) >= 11 is 10.4. The van der Waals surface area contributed by atoms with Crippen LogP contribution in [0, 0.1) is 0 Å². The standard InChI is InChI=1S/C18H12BrClN2O4S/c19-11-2-1-10(14(8-11)26-9-16(23)24)7-15-17(25)22-18(27-15)21-13-5-3-12(20)4-6-13/h1-8H,9H2,(H,23,24)(H,21,22,25)/b15-7+. The van der Waals surface area contributed by atoms with E-state index in [1.54, 1.807) is 48.5 Å². The zero-order valence-electron chi connectivity index (χ0n) is 13.6. The molecule has 0 saturated carbocycles. The van der Waals surface area contributed by atoms with Crippen LogP contribution in [0.15, 0.2) is 56.8 Å². The number of carbonyl (C=O) groups is 2. The van der Waals surface area contributed by atoms with Crippen molar-refractivity contribution >= 4 is 68.1 Å². The average molecular weight is 468 g/mol. The second kappa shape index (κ2) is 8.60. The molecular weight excluding hydrogens is 456 g/mol. The van der Waals surface area contributed by atoms with Crippen LogP contribution >= 0.6 is 39.3 Å². The molecule has 27 heavy (non-hydrogen) atoms. The number of halogens is 2. The third-order valence-corrected chi connectivity index (χ3v) is 4.98. The monoisotopic (exact) mass is 466 g/mol. The van der Waals surface area contributed by atoms with Crippen LogP contribution in [-0.4, -0.2) is 28.8 Å². The Bertz CT molecular complexity index is 960. The van der Waals surface area contributed by atoms with Crippen LogP contribution in [0.1, 0.15) is 5.56 Å². The number of carbonyl (C=O) groups excluding carboxylic acids is 1. The Labute approximate surface area is 172 Å². The number of thioether (sulfide) groups is 1. The molecule has 0 unspecified atom stereocenters. The van der Waals surface area contributed by atoms with Crippen molar-refractivity contribution < 1.29 is 19.4 Å². The summed E-state index contributed by atoms with van der Waals surface area (Å²) in [6.45, 7) is -0.477. The van der Waals surface area contributed by atoms with Crippen molar-refractivity contribution in [2.24, 2.45) is 4.99 Å². The molecule has 1 aliphatic rings. The molecule has 1 heterocycles. The van der Waals surface area contributed by atoms with Gasteiger partial charge in [0.15, 0.2) is 11.8 Å². The van der Waals surface area contributed by atoms with Crippen LogP contribution in [0.3, 0.4) is 0 Å². The lowest BCUT2D eigenvalue weighted by Crippen LogP contribution is -2.19. The molecule has 6 nitrogen and oxygen atoms in total. The van der Waals surface area contributed by atoms with E-state index >= 15 is 0 Å². The molecule has 1 fully saturated rings. The van der Waals surface area contributed by atoms with Crippen LogP contribution in [0.5, 0.6) is 5.75 Å². The lowest BCUT2D eigenvalue weighted by Gasteiger charge is -2.08. The largest absolute Gasteiger partial charge is 0.481 e. The van der Waals surface area contributed by atoms with Crippen molar-refractivity contribution in [2.75, 3.05) is 6.61 Å². The van der Waals surface area contributed by atoms with Crippen molar-refractivity contribution in [3.05, 3.63) is 62.4 Å². The van der Waals surface area contributed by atoms with Gasteiger partial charge in [0, 0.05) is 15.1 Å². The van der Waals surface area contributed by atoms with Crippen molar-refractivity contribution in [3.63, 3.8) is 0 Å². The lowest BCUT2D eigenvalue weighted by molar-refractivity contribution is -0.139. The number of nitrogens with zero attached hydrogens (tertiary/aromatic N) is 1. The first-order valence-electron chi connectivity index (χ1n) is 7.60. The van der Waals surface area contributed by atoms with Gasteiger partial charge in [0.05, 0.1) is 10.6 Å². The number of carboxylic acid groups (broad SMARTS) is 1. The first-order valence-corrected chi connectivity index (χ1v) is 9.59. The molecule has 0 aliphatic carbocycles. The molecule has 0 bridgehead atoms. The van der Waals surface area contributed by atoms with Gasteiger partial charge in [0.2, 0.25) is 0 Å². The summed E-state index contributed by atoms with van der Waals surface area (Å²) in [5, 5.41) is 12.6. The minimum Gasteiger partial charge on any atom is -0.481 e. The summed E-state index contributed by atoms with van der Waals surface area (Å²) in [6.07, 6.45) is 1.63. The summed E-state index contributed by atoms with van der Waals surface area (Å²) in [5.41, 5.74) is 1.25. The van der Waals surface area contributed by atoms with Gasteiger partial charge < -0.3 is 15.2 Å². The van der Waals surface area contributed by atoms with Gasteiger partial charge in [0.25, 0.3) is 5.91 Å². The summed E-state index contributed by atoms with van der Waals surface area (Å²) in [7, 11) is 0. The molecule has 2 N–H and O–H groups in total. The number of nitrogens with one attached hydrogen (secondary N) is 1. The van der Waals surface area contributed by atoms with Crippen LogP contribution in [0.25, 0.3) is 6.08 Å². The van der Waals surface area contributed by atoms with Gasteiger partial charge >= 0.3 is 5.97 Å². The fourth-order valence-electron chi connectivity index (χ4n) is 2.15. The van der Waals surface area contributed by atoms with Crippen molar-refractivity contribution in [2.45, 2.75) is 0 Å². The number of carboxylic acids is 1. The fraction of sp³-hybridized carbons (Fsp3) is 0.0556. The zero-order valence-corrected chi connectivity index (χ0v) is 16.8. The second-order valence-corrected chi connectivity index (χ2v) is 7.71. The van der Waals surface area contributed by atoms with Gasteiger partial charge in [-0.15, -0.1) is 0 Å². The molecule has 138 valence electrons. The first-order chi connectivity index (χ1) is 12.9. The summed E-state index contributed by atoms with van der Waals surface area (Å²) in [5.74, 6) is -1.02. The number of aliphatic carboxylic acids is 1. The number of hydrogen-bond acceptors (Lipinski definition) is 5. The number of ether oxygens (including phenoxy) is 1. The van der Waals surface area contributed by atoms with E-state index in [2.05, 4.69) is 26.2 Å². The molecule has 3 rings (SSSR count). The number of rotatable bonds is 5. The Hall–Kier alpha value is -2.29. The van der Waals surface area contributed by atoms with E-state index in [0.717, 1.165) is 4.47 Å². The number of aliphatic imine (C=N–C) groups is 1. The highest BCUT2D eigenvalue weighted by molar-refractivity contribution is 9.10. The average Bonchev–Trinajstić information content (AvgIpc) is 2.96. The van der Waals surface area contributed by atoms with Gasteiger partial charge in [0.1, 0.15) is 5.75 Å². The minimum atomic E-state index is -1.08. The predicted molar refractivity (Wildman–Crippen MR) is 110 cm³/mol. The number of amidine groups is 1. The molecule has 0 spiro atoms. The van der Waals surface area contributed by atoms with Crippen LogP contribution in [0.4, 0.5) is 5.69 Å². The first kappa shape index (κ1) is 19.5. The second-order valence-electron chi connectivity index (χ2n) is 5.32. The Kier molecular flexibility index (Phi) is 6.20. The van der Waals surface area contributed by atoms with E-state index in [4.69, 9.17) is 21.4 Å². The van der Waals surface area contributed by atoms with Gasteiger partial charge in [-0.3, -0.25) is 4.79 Å². The van der Waals surface area contributed by atoms with Crippen molar-refractivity contribution in [1.29, 1.82) is 0 Å². The molecule has 2 aromatic rings. The van der Waals surface area contributed by atoms with E-state index in [9.17, 15) is 9.59 Å². The molecule has 0 aromatic heterocycles. The quantitative estimate of drug-likeness (QED) is 0.634. The topological polar surface area (TPSA) is 88.0 Å². The van der Waals surface area contributed by atoms with Crippen molar-refractivity contribution in [3.8, 4) is 5.75 Å². The van der Waals surface area contributed by atoms with Gasteiger partial charge in [-0.1, -0.05) is 33.6 Å². The van der Waals surface area contributed by atoms with E-state index in [1.807, 2.05) is 0 Å². The summed E-state index contributed by atoms with van der Waals surface area (Å²) in [6, 6.07) is 12.1. The summed E-state index contributed by atoms with van der Waals surface area (Å²) < 4.78 is 6.04. The predicted octanol–water partition coefficient (Wildman–Crippen LogP) is 4.46. The van der Waals surface area contributed by atoms with Gasteiger partial charge in [-0.2, -0.15) is 0 Å². The Balaban J connectivity index is 1.84. The van der Waals surface area contributed by atoms with Crippen LogP contribution in [0.2, 0.25) is 5.02 Å². The fourth-order valence-corrected chi connectivity index (χ4v) is 3.45. The van der Waals surface area contributed by atoms with E-state index in [0.29, 0.717) is 32.1 Å². The highest BCUT2D eigenvalue weighted by Gasteiger charge is 2.24. The molecule has 0 atom stereocenters.